The van der Waals surface area contributed by atoms with Crippen LogP contribution in [0.3, 0.4) is 0 Å². The average molecular weight is 315 g/mol. The van der Waals surface area contributed by atoms with E-state index in [1.807, 2.05) is 0 Å². The Labute approximate surface area is 135 Å². The topological polar surface area (TPSA) is 63.7 Å². The van der Waals surface area contributed by atoms with Crippen LogP contribution in [0.15, 0.2) is 24.3 Å². The van der Waals surface area contributed by atoms with Gasteiger partial charge in [0.25, 0.3) is 11.8 Å². The largest absolute Gasteiger partial charge is 0.339 e. The van der Waals surface area contributed by atoms with Gasteiger partial charge in [-0.25, -0.2) is 4.79 Å². The molecule has 23 heavy (non-hydrogen) atoms. The number of amides is 2. The maximum absolute atomic E-state index is 12.7. The molecule has 0 unspecified atom stereocenters. The van der Waals surface area contributed by atoms with E-state index in [0.717, 1.165) is 32.1 Å². The highest BCUT2D eigenvalue weighted by Crippen LogP contribution is 2.44. The number of hydrogen-bond donors (Lipinski definition) is 0. The normalized spacial score (nSPS) is 19.3. The predicted molar refractivity (Wildman–Crippen MR) is 83.4 cm³/mol. The Balaban J connectivity index is 1.81. The highest BCUT2D eigenvalue weighted by Gasteiger charge is 2.47. The number of carbonyl (C=O) groups excluding carboxylic acids is 3. The molecular weight excluding hydrogens is 294 g/mol. The molecule has 0 atom stereocenters. The molecule has 1 fully saturated rings. The zero-order valence-electron chi connectivity index (χ0n) is 13.5. The minimum absolute atomic E-state index is 0.287. The lowest BCUT2D eigenvalue weighted by atomic mass is 9.79. The summed E-state index contributed by atoms with van der Waals surface area (Å²) < 4.78 is 0. The van der Waals surface area contributed by atoms with Crippen molar-refractivity contribution in [1.29, 1.82) is 0 Å². The van der Waals surface area contributed by atoms with E-state index in [-0.39, 0.29) is 11.1 Å². The first-order chi connectivity index (χ1) is 10.9. The van der Waals surface area contributed by atoms with Gasteiger partial charge in [0.1, 0.15) is 0 Å². The summed E-state index contributed by atoms with van der Waals surface area (Å²) in [6.45, 7) is 4.13. The lowest BCUT2D eigenvalue weighted by Gasteiger charge is -2.29. The van der Waals surface area contributed by atoms with Crippen LogP contribution in [-0.2, 0) is 9.63 Å². The molecule has 3 rings (SSSR count). The van der Waals surface area contributed by atoms with Gasteiger partial charge in [0.15, 0.2) is 0 Å². The molecular formula is C18H21NO4. The van der Waals surface area contributed by atoms with Crippen molar-refractivity contribution in [1.82, 2.24) is 5.06 Å². The summed E-state index contributed by atoms with van der Waals surface area (Å²) in [4.78, 5) is 42.7. The van der Waals surface area contributed by atoms with Gasteiger partial charge in [0.2, 0.25) is 0 Å². The molecule has 0 radical (unpaired) electrons. The van der Waals surface area contributed by atoms with Crippen LogP contribution in [0.5, 0.6) is 0 Å². The van der Waals surface area contributed by atoms with Crippen LogP contribution in [0.2, 0.25) is 0 Å². The summed E-state index contributed by atoms with van der Waals surface area (Å²) in [6, 6.07) is 6.52. The van der Waals surface area contributed by atoms with Crippen molar-refractivity contribution in [2.24, 2.45) is 11.3 Å². The maximum Gasteiger partial charge on any atom is 0.339 e. The number of hydroxylamine groups is 2. The maximum atomic E-state index is 12.7. The van der Waals surface area contributed by atoms with Gasteiger partial charge in [0.05, 0.1) is 16.5 Å². The molecule has 0 N–H and O–H groups in total. The van der Waals surface area contributed by atoms with Crippen LogP contribution in [0.4, 0.5) is 0 Å². The van der Waals surface area contributed by atoms with Crippen LogP contribution >= 0.6 is 0 Å². The Morgan fingerprint density at radius 3 is 2.13 bits per heavy atom. The number of rotatable bonds is 4. The monoisotopic (exact) mass is 315 g/mol. The first kappa shape index (κ1) is 15.7. The van der Waals surface area contributed by atoms with Crippen molar-refractivity contribution >= 4 is 17.8 Å². The zero-order valence-corrected chi connectivity index (χ0v) is 13.5. The predicted octanol–water partition coefficient (Wildman–Crippen LogP) is 3.35. The Morgan fingerprint density at radius 1 is 1.13 bits per heavy atom. The third-order valence-corrected chi connectivity index (χ3v) is 4.72. The van der Waals surface area contributed by atoms with Crippen molar-refractivity contribution in [2.75, 3.05) is 0 Å². The third-order valence-electron chi connectivity index (χ3n) is 4.72. The van der Waals surface area contributed by atoms with Gasteiger partial charge in [-0.15, -0.1) is 0 Å². The molecule has 1 heterocycles. The smallest absolute Gasteiger partial charge is 0.329 e. The second-order valence-electron chi connectivity index (χ2n) is 6.91. The minimum Gasteiger partial charge on any atom is -0.329 e. The van der Waals surface area contributed by atoms with Crippen LogP contribution < -0.4 is 0 Å². The summed E-state index contributed by atoms with van der Waals surface area (Å²) in [6.07, 6.45) is 4.18. The minimum atomic E-state index is -0.566. The van der Waals surface area contributed by atoms with Crippen molar-refractivity contribution < 1.29 is 19.2 Å². The summed E-state index contributed by atoms with van der Waals surface area (Å²) in [5.41, 5.74) is 0.00742. The van der Waals surface area contributed by atoms with Crippen LogP contribution in [-0.4, -0.2) is 22.8 Å². The molecule has 0 spiro atoms. The van der Waals surface area contributed by atoms with Gasteiger partial charge in [-0.2, -0.15) is 0 Å². The molecule has 1 aliphatic carbocycles. The Kier molecular flexibility index (Phi) is 3.96. The molecule has 122 valence electrons. The van der Waals surface area contributed by atoms with Crippen molar-refractivity contribution in [3.05, 3.63) is 35.4 Å². The number of hydrogen-bond acceptors (Lipinski definition) is 4. The van der Waals surface area contributed by atoms with E-state index in [0.29, 0.717) is 11.0 Å². The van der Waals surface area contributed by atoms with E-state index in [1.54, 1.807) is 24.3 Å². The Bertz CT molecular complexity index is 624. The number of carbonyl (C=O) groups is 3. The van der Waals surface area contributed by atoms with Gasteiger partial charge in [-0.05, 0) is 37.3 Å². The van der Waals surface area contributed by atoms with Crippen LogP contribution in [0, 0.1) is 11.3 Å². The molecule has 5 heteroatoms. The molecule has 5 nitrogen and oxygen atoms in total. The van der Waals surface area contributed by atoms with E-state index in [4.69, 9.17) is 4.84 Å². The fraction of sp³-hybridized carbons (Fsp3) is 0.500. The number of benzene rings is 1. The number of imide groups is 1. The standard InChI is InChI=1S/C18H21NO4/c1-12(2)11-18(9-5-6-10-18)17(22)23-19-15(20)13-7-3-4-8-14(13)16(19)21/h3-4,7-8,12H,5-6,9-11H2,1-2H3. The van der Waals surface area contributed by atoms with Gasteiger partial charge in [-0.1, -0.05) is 43.9 Å². The summed E-state index contributed by atoms with van der Waals surface area (Å²) >= 11 is 0. The van der Waals surface area contributed by atoms with Crippen LogP contribution in [0.25, 0.3) is 0 Å². The van der Waals surface area contributed by atoms with E-state index in [1.165, 1.54) is 0 Å². The van der Waals surface area contributed by atoms with Gasteiger partial charge in [-0.3, -0.25) is 9.59 Å². The van der Waals surface area contributed by atoms with E-state index in [2.05, 4.69) is 13.8 Å². The van der Waals surface area contributed by atoms with Gasteiger partial charge >= 0.3 is 5.97 Å². The lowest BCUT2D eigenvalue weighted by molar-refractivity contribution is -0.182. The summed E-state index contributed by atoms with van der Waals surface area (Å²) in [7, 11) is 0. The summed E-state index contributed by atoms with van der Waals surface area (Å²) in [5, 5.41) is 0.632. The van der Waals surface area contributed by atoms with E-state index < -0.39 is 23.2 Å². The van der Waals surface area contributed by atoms with E-state index in [9.17, 15) is 14.4 Å². The molecule has 1 saturated carbocycles. The molecule has 2 aliphatic rings. The quantitative estimate of drug-likeness (QED) is 0.799. The fourth-order valence-corrected chi connectivity index (χ4v) is 3.75. The number of fused-ring (bicyclic) bond motifs is 1. The van der Waals surface area contributed by atoms with Crippen LogP contribution in [0.1, 0.15) is 66.7 Å². The molecule has 2 amide bonds. The second-order valence-corrected chi connectivity index (χ2v) is 6.91. The molecule has 0 bridgehead atoms. The molecule has 0 aromatic heterocycles. The highest BCUT2D eigenvalue weighted by atomic mass is 16.7. The third kappa shape index (κ3) is 2.64. The van der Waals surface area contributed by atoms with E-state index >= 15 is 0 Å². The zero-order chi connectivity index (χ0) is 16.6. The van der Waals surface area contributed by atoms with Crippen molar-refractivity contribution in [2.45, 2.75) is 46.0 Å². The average Bonchev–Trinajstić information content (AvgIpc) is 3.07. The summed E-state index contributed by atoms with van der Waals surface area (Å²) in [5.74, 6) is -1.21. The van der Waals surface area contributed by atoms with Gasteiger partial charge in [0, 0.05) is 0 Å². The van der Waals surface area contributed by atoms with Crippen molar-refractivity contribution in [3.8, 4) is 0 Å². The number of nitrogens with zero attached hydrogens (tertiary/aromatic N) is 1. The first-order valence-electron chi connectivity index (χ1n) is 8.15. The Hall–Kier alpha value is -2.17. The molecule has 1 aliphatic heterocycles. The van der Waals surface area contributed by atoms with Gasteiger partial charge < -0.3 is 4.84 Å². The Morgan fingerprint density at radius 2 is 1.65 bits per heavy atom. The second kappa shape index (κ2) is 5.80. The highest BCUT2D eigenvalue weighted by molar-refractivity contribution is 6.20. The molecule has 1 aromatic rings. The SMILES string of the molecule is CC(C)CC1(C(=O)ON2C(=O)c3ccccc3C2=O)CCCC1. The fourth-order valence-electron chi connectivity index (χ4n) is 3.75. The lowest BCUT2D eigenvalue weighted by Crippen LogP contribution is -2.40. The molecule has 1 aromatic carbocycles. The van der Waals surface area contributed by atoms with Crippen molar-refractivity contribution in [3.63, 3.8) is 0 Å². The molecule has 0 saturated heterocycles. The first-order valence-corrected chi connectivity index (χ1v) is 8.15.